The summed E-state index contributed by atoms with van der Waals surface area (Å²) in [6.45, 7) is 11.3. The van der Waals surface area contributed by atoms with Crippen molar-refractivity contribution in [3.8, 4) is 5.75 Å². The van der Waals surface area contributed by atoms with Gasteiger partial charge in [0.1, 0.15) is 18.4 Å². The highest BCUT2D eigenvalue weighted by molar-refractivity contribution is 7.92. The molecule has 0 bridgehead atoms. The van der Waals surface area contributed by atoms with Crippen LogP contribution in [0.2, 0.25) is 18.1 Å². The number of benzene rings is 2. The van der Waals surface area contributed by atoms with Crippen LogP contribution in [0.1, 0.15) is 20.8 Å². The summed E-state index contributed by atoms with van der Waals surface area (Å²) < 4.78 is 40.9. The molecular weight excluding hydrogens is 404 g/mol. The molecule has 0 saturated heterocycles. The van der Waals surface area contributed by atoms with Crippen LogP contribution in [-0.2, 0) is 14.4 Å². The highest BCUT2D eigenvalue weighted by Gasteiger charge is 2.41. The molecule has 158 valence electrons. The maximum Gasteiger partial charge on any atom is 0.264 e. The van der Waals surface area contributed by atoms with Crippen molar-refractivity contribution in [2.45, 2.75) is 49.8 Å². The molecule has 0 amide bonds. The van der Waals surface area contributed by atoms with Crippen LogP contribution in [-0.4, -0.2) is 36.0 Å². The lowest BCUT2D eigenvalue weighted by Gasteiger charge is -2.41. The molecule has 1 heterocycles. The van der Waals surface area contributed by atoms with Gasteiger partial charge < -0.3 is 14.9 Å². The van der Waals surface area contributed by atoms with E-state index >= 15 is 0 Å². The molecular formula is C21H30N2O4SSi. The molecule has 3 rings (SSSR count). The Balaban J connectivity index is 2.01. The molecule has 1 aliphatic rings. The Bertz CT molecular complexity index is 986. The number of para-hydroxylation sites is 2. The van der Waals surface area contributed by atoms with Crippen molar-refractivity contribution in [2.75, 3.05) is 23.3 Å². The van der Waals surface area contributed by atoms with Crippen LogP contribution in [0.3, 0.4) is 0 Å². The van der Waals surface area contributed by atoms with E-state index < -0.39 is 24.4 Å². The van der Waals surface area contributed by atoms with E-state index in [-0.39, 0.29) is 23.1 Å². The standard InChI is InChI=1S/C21H30N2O4SSi/c1-21(2,3)29(4,5)27-15-17-14-26-20-12-7-6-11-19(20)23(17)28(24,25)18-10-8-9-16(22)13-18/h6-13,17H,14-15,22H2,1-5H3. The first kappa shape index (κ1) is 21.7. The lowest BCUT2D eigenvalue weighted by molar-refractivity contribution is 0.199. The third-order valence-corrected chi connectivity index (χ3v) is 12.1. The van der Waals surface area contributed by atoms with Crippen molar-refractivity contribution in [3.05, 3.63) is 48.5 Å². The summed E-state index contributed by atoms with van der Waals surface area (Å²) in [5.74, 6) is 0.545. The van der Waals surface area contributed by atoms with Crippen LogP contribution in [0.5, 0.6) is 5.75 Å². The van der Waals surface area contributed by atoms with Crippen LogP contribution < -0.4 is 14.8 Å². The van der Waals surface area contributed by atoms with Crippen molar-refractivity contribution in [2.24, 2.45) is 0 Å². The second-order valence-electron chi connectivity index (χ2n) is 8.88. The molecule has 2 aromatic carbocycles. The summed E-state index contributed by atoms with van der Waals surface area (Å²) in [5, 5.41) is 0.0258. The number of rotatable bonds is 5. The van der Waals surface area contributed by atoms with Gasteiger partial charge in [-0.3, -0.25) is 4.31 Å². The summed E-state index contributed by atoms with van der Waals surface area (Å²) in [7, 11) is -5.90. The maximum absolute atomic E-state index is 13.6. The van der Waals surface area contributed by atoms with Crippen LogP contribution >= 0.6 is 0 Å². The van der Waals surface area contributed by atoms with Crippen molar-refractivity contribution in [1.82, 2.24) is 0 Å². The lowest BCUT2D eigenvalue weighted by atomic mass is 10.2. The first-order chi connectivity index (χ1) is 13.4. The highest BCUT2D eigenvalue weighted by atomic mass is 32.2. The average Bonchev–Trinajstić information content (AvgIpc) is 2.65. The third kappa shape index (κ3) is 4.29. The number of sulfonamides is 1. The molecule has 2 aromatic rings. The Morgan fingerprint density at radius 2 is 1.86 bits per heavy atom. The number of hydrogen-bond acceptors (Lipinski definition) is 5. The average molecular weight is 435 g/mol. The van der Waals surface area contributed by atoms with E-state index in [0.717, 1.165) is 0 Å². The number of ether oxygens (including phenoxy) is 1. The molecule has 0 saturated carbocycles. The summed E-state index contributed by atoms with van der Waals surface area (Å²) in [6.07, 6.45) is 0. The van der Waals surface area contributed by atoms with E-state index in [9.17, 15) is 8.42 Å². The molecule has 0 aliphatic carbocycles. The number of nitrogens with zero attached hydrogens (tertiary/aromatic N) is 1. The fourth-order valence-electron chi connectivity index (χ4n) is 2.96. The number of nitrogen functional groups attached to an aromatic ring is 1. The normalized spacial score (nSPS) is 17.6. The number of anilines is 2. The van der Waals surface area contributed by atoms with Gasteiger partial charge in [0, 0.05) is 5.69 Å². The molecule has 1 unspecified atom stereocenters. The predicted molar refractivity (Wildman–Crippen MR) is 119 cm³/mol. The molecule has 29 heavy (non-hydrogen) atoms. The Labute approximate surface area is 174 Å². The number of hydrogen-bond donors (Lipinski definition) is 1. The molecule has 2 N–H and O–H groups in total. The van der Waals surface area contributed by atoms with Gasteiger partial charge in [-0.15, -0.1) is 0 Å². The largest absolute Gasteiger partial charge is 0.489 e. The summed E-state index contributed by atoms with van der Waals surface area (Å²) in [6, 6.07) is 13.1. The van der Waals surface area contributed by atoms with Gasteiger partial charge in [0.25, 0.3) is 10.0 Å². The van der Waals surface area contributed by atoms with Gasteiger partial charge in [0.2, 0.25) is 0 Å². The SMILES string of the molecule is CC(C)(C)[Si](C)(C)OCC1COc2ccccc2N1S(=O)(=O)c1cccc(N)c1. The van der Waals surface area contributed by atoms with E-state index in [1.165, 1.54) is 10.4 Å². The van der Waals surface area contributed by atoms with Crippen molar-refractivity contribution in [1.29, 1.82) is 0 Å². The van der Waals surface area contributed by atoms with Crippen LogP contribution in [0.25, 0.3) is 0 Å². The zero-order chi connectivity index (χ0) is 21.4. The minimum Gasteiger partial charge on any atom is -0.489 e. The fourth-order valence-corrected chi connectivity index (χ4v) is 5.69. The van der Waals surface area contributed by atoms with Gasteiger partial charge in [-0.25, -0.2) is 8.42 Å². The van der Waals surface area contributed by atoms with Crippen molar-refractivity contribution >= 4 is 29.7 Å². The Morgan fingerprint density at radius 1 is 1.17 bits per heavy atom. The van der Waals surface area contributed by atoms with Crippen LogP contribution in [0, 0.1) is 0 Å². The van der Waals surface area contributed by atoms with Crippen molar-refractivity contribution < 1.29 is 17.6 Å². The predicted octanol–water partition coefficient (Wildman–Crippen LogP) is 4.25. The van der Waals surface area contributed by atoms with Gasteiger partial charge >= 0.3 is 0 Å². The first-order valence-corrected chi connectivity index (χ1v) is 14.0. The van der Waals surface area contributed by atoms with E-state index in [1.54, 1.807) is 36.4 Å². The molecule has 1 aliphatic heterocycles. The topological polar surface area (TPSA) is 81.9 Å². The lowest BCUT2D eigenvalue weighted by Crippen LogP contribution is -2.52. The fraction of sp³-hybridized carbons (Fsp3) is 0.429. The first-order valence-electron chi connectivity index (χ1n) is 9.69. The van der Waals surface area contributed by atoms with Crippen molar-refractivity contribution in [3.63, 3.8) is 0 Å². The van der Waals surface area contributed by atoms with Crippen LogP contribution in [0.15, 0.2) is 53.4 Å². The summed E-state index contributed by atoms with van der Waals surface area (Å²) >= 11 is 0. The Morgan fingerprint density at radius 3 is 2.52 bits per heavy atom. The van der Waals surface area contributed by atoms with E-state index in [0.29, 0.717) is 17.1 Å². The van der Waals surface area contributed by atoms with E-state index in [1.807, 2.05) is 6.07 Å². The quantitative estimate of drug-likeness (QED) is 0.562. The number of fused-ring (bicyclic) bond motifs is 1. The van der Waals surface area contributed by atoms with E-state index in [2.05, 4.69) is 33.9 Å². The summed E-state index contributed by atoms with van der Waals surface area (Å²) in [5.41, 5.74) is 6.77. The highest BCUT2D eigenvalue weighted by Crippen LogP contribution is 2.40. The smallest absolute Gasteiger partial charge is 0.264 e. The maximum atomic E-state index is 13.6. The zero-order valence-corrected chi connectivity index (χ0v) is 19.5. The second kappa shape index (κ2) is 7.66. The third-order valence-electron chi connectivity index (χ3n) is 5.72. The van der Waals surface area contributed by atoms with Crippen LogP contribution in [0.4, 0.5) is 11.4 Å². The number of nitrogens with two attached hydrogens (primary N) is 1. The minimum atomic E-state index is -3.84. The molecule has 6 nitrogen and oxygen atoms in total. The molecule has 1 atom stereocenters. The van der Waals surface area contributed by atoms with Gasteiger partial charge in [-0.05, 0) is 48.5 Å². The summed E-state index contributed by atoms with van der Waals surface area (Å²) in [4.78, 5) is 0.159. The van der Waals surface area contributed by atoms with Gasteiger partial charge in [-0.2, -0.15) is 0 Å². The molecule has 0 radical (unpaired) electrons. The molecule has 0 fully saturated rings. The van der Waals surface area contributed by atoms with Gasteiger partial charge in [-0.1, -0.05) is 39.0 Å². The molecule has 8 heteroatoms. The molecule has 0 spiro atoms. The van der Waals surface area contributed by atoms with Gasteiger partial charge in [0.15, 0.2) is 8.32 Å². The zero-order valence-electron chi connectivity index (χ0n) is 17.7. The van der Waals surface area contributed by atoms with E-state index in [4.69, 9.17) is 14.9 Å². The van der Waals surface area contributed by atoms with Gasteiger partial charge in [0.05, 0.1) is 17.2 Å². The molecule has 0 aromatic heterocycles. The second-order valence-corrected chi connectivity index (χ2v) is 15.5. The monoisotopic (exact) mass is 434 g/mol. The minimum absolute atomic E-state index is 0.0258. The Kier molecular flexibility index (Phi) is 5.72. The Hall–Kier alpha value is -2.03.